The molecule has 1 aromatic rings. The molecule has 0 fully saturated rings. The highest BCUT2D eigenvalue weighted by atomic mass is 35.5. The molecule has 62 valence electrons. The maximum Gasteiger partial charge on any atom is 0.109 e. The van der Waals surface area contributed by atoms with Crippen LogP contribution in [0.1, 0.15) is 19.2 Å². The van der Waals surface area contributed by atoms with Gasteiger partial charge in [-0.3, -0.25) is 0 Å². The van der Waals surface area contributed by atoms with Gasteiger partial charge in [0, 0.05) is 31.2 Å². The standard InChI is InChI=1S/C8H13ClN2/c1-2-6-11-7-5-10-8(11)3-4-9/h5,7H,2-4,6H2,1H3. The molecule has 1 heterocycles. The summed E-state index contributed by atoms with van der Waals surface area (Å²) in [5.74, 6) is 1.75. The van der Waals surface area contributed by atoms with Crippen LogP contribution < -0.4 is 0 Å². The van der Waals surface area contributed by atoms with Crippen LogP contribution in [-0.2, 0) is 13.0 Å². The van der Waals surface area contributed by atoms with Crippen molar-refractivity contribution in [2.75, 3.05) is 5.88 Å². The van der Waals surface area contributed by atoms with Gasteiger partial charge in [-0.1, -0.05) is 6.92 Å². The van der Waals surface area contributed by atoms with E-state index in [2.05, 4.69) is 16.5 Å². The molecule has 1 rings (SSSR count). The number of rotatable bonds is 4. The Balaban J connectivity index is 2.62. The van der Waals surface area contributed by atoms with E-state index in [1.165, 1.54) is 0 Å². The zero-order valence-electron chi connectivity index (χ0n) is 6.76. The maximum atomic E-state index is 5.61. The summed E-state index contributed by atoms with van der Waals surface area (Å²) in [6.45, 7) is 3.21. The van der Waals surface area contributed by atoms with Crippen LogP contribution in [0.25, 0.3) is 0 Å². The number of imidazole rings is 1. The van der Waals surface area contributed by atoms with Gasteiger partial charge in [0.1, 0.15) is 5.82 Å². The van der Waals surface area contributed by atoms with Gasteiger partial charge in [0.15, 0.2) is 0 Å². The van der Waals surface area contributed by atoms with Crippen LogP contribution in [-0.4, -0.2) is 15.4 Å². The summed E-state index contributed by atoms with van der Waals surface area (Å²) in [6, 6.07) is 0. The monoisotopic (exact) mass is 172 g/mol. The highest BCUT2D eigenvalue weighted by Crippen LogP contribution is 2.00. The van der Waals surface area contributed by atoms with E-state index in [9.17, 15) is 0 Å². The molecule has 0 saturated carbocycles. The van der Waals surface area contributed by atoms with Crippen LogP contribution in [0.4, 0.5) is 0 Å². The first-order valence-corrected chi connectivity index (χ1v) is 4.48. The number of alkyl halides is 1. The van der Waals surface area contributed by atoms with Gasteiger partial charge in [-0.2, -0.15) is 0 Å². The van der Waals surface area contributed by atoms with Crippen molar-refractivity contribution in [1.29, 1.82) is 0 Å². The van der Waals surface area contributed by atoms with Crippen molar-refractivity contribution >= 4 is 11.6 Å². The number of halogens is 1. The summed E-state index contributed by atoms with van der Waals surface area (Å²) in [5, 5.41) is 0. The Morgan fingerprint density at radius 2 is 2.45 bits per heavy atom. The molecule has 2 nitrogen and oxygen atoms in total. The van der Waals surface area contributed by atoms with Crippen molar-refractivity contribution in [3.8, 4) is 0 Å². The molecule has 0 aliphatic rings. The summed E-state index contributed by atoms with van der Waals surface area (Å²) in [6.07, 6.45) is 5.85. The van der Waals surface area contributed by atoms with Crippen LogP contribution >= 0.6 is 11.6 Å². The molecular weight excluding hydrogens is 160 g/mol. The smallest absolute Gasteiger partial charge is 0.109 e. The highest BCUT2D eigenvalue weighted by molar-refractivity contribution is 6.17. The molecule has 0 spiro atoms. The molecule has 0 aliphatic carbocycles. The Morgan fingerprint density at radius 1 is 1.64 bits per heavy atom. The van der Waals surface area contributed by atoms with E-state index in [1.807, 2.05) is 12.4 Å². The lowest BCUT2D eigenvalue weighted by molar-refractivity contribution is 0.643. The van der Waals surface area contributed by atoms with Crippen LogP contribution in [0.5, 0.6) is 0 Å². The lowest BCUT2D eigenvalue weighted by Crippen LogP contribution is -2.02. The predicted molar refractivity (Wildman–Crippen MR) is 46.9 cm³/mol. The molecule has 0 aromatic carbocycles. The van der Waals surface area contributed by atoms with E-state index >= 15 is 0 Å². The average molecular weight is 173 g/mol. The number of hydrogen-bond donors (Lipinski definition) is 0. The molecule has 0 unspecified atom stereocenters. The number of nitrogens with zero attached hydrogens (tertiary/aromatic N) is 2. The number of aryl methyl sites for hydroxylation is 2. The van der Waals surface area contributed by atoms with Gasteiger partial charge in [-0.25, -0.2) is 4.98 Å². The van der Waals surface area contributed by atoms with Gasteiger partial charge in [-0.05, 0) is 6.42 Å². The molecule has 0 N–H and O–H groups in total. The second-order valence-electron chi connectivity index (χ2n) is 2.48. The third-order valence-electron chi connectivity index (χ3n) is 1.58. The van der Waals surface area contributed by atoms with Crippen LogP contribution in [0.3, 0.4) is 0 Å². The van der Waals surface area contributed by atoms with Crippen LogP contribution in [0.15, 0.2) is 12.4 Å². The van der Waals surface area contributed by atoms with Crippen LogP contribution in [0, 0.1) is 0 Å². The lowest BCUT2D eigenvalue weighted by atomic mass is 10.4. The van der Waals surface area contributed by atoms with Crippen molar-refractivity contribution in [2.45, 2.75) is 26.3 Å². The van der Waals surface area contributed by atoms with E-state index in [0.29, 0.717) is 5.88 Å². The lowest BCUT2D eigenvalue weighted by Gasteiger charge is -2.03. The van der Waals surface area contributed by atoms with Gasteiger partial charge < -0.3 is 4.57 Å². The van der Waals surface area contributed by atoms with Gasteiger partial charge in [-0.15, -0.1) is 11.6 Å². The van der Waals surface area contributed by atoms with E-state index in [0.717, 1.165) is 25.2 Å². The SMILES string of the molecule is CCCn1ccnc1CCCl. The number of hydrogen-bond acceptors (Lipinski definition) is 1. The largest absolute Gasteiger partial charge is 0.335 e. The second kappa shape index (κ2) is 4.39. The molecule has 0 aliphatic heterocycles. The van der Waals surface area contributed by atoms with Crippen molar-refractivity contribution in [3.63, 3.8) is 0 Å². The van der Waals surface area contributed by atoms with Crippen molar-refractivity contribution < 1.29 is 0 Å². The molecule has 0 radical (unpaired) electrons. The molecule has 0 atom stereocenters. The third kappa shape index (κ3) is 2.22. The quantitative estimate of drug-likeness (QED) is 0.636. The molecular formula is C8H13ClN2. The summed E-state index contributed by atoms with van der Waals surface area (Å²) in [7, 11) is 0. The molecule has 11 heavy (non-hydrogen) atoms. The van der Waals surface area contributed by atoms with Gasteiger partial charge >= 0.3 is 0 Å². The van der Waals surface area contributed by atoms with Gasteiger partial charge in [0.2, 0.25) is 0 Å². The van der Waals surface area contributed by atoms with Gasteiger partial charge in [0.25, 0.3) is 0 Å². The molecule has 3 heteroatoms. The predicted octanol–water partition coefficient (Wildman–Crippen LogP) is 2.07. The first-order chi connectivity index (χ1) is 5.38. The van der Waals surface area contributed by atoms with E-state index < -0.39 is 0 Å². The summed E-state index contributed by atoms with van der Waals surface area (Å²) < 4.78 is 2.16. The molecule has 0 saturated heterocycles. The fourth-order valence-electron chi connectivity index (χ4n) is 1.10. The summed E-state index contributed by atoms with van der Waals surface area (Å²) >= 11 is 5.61. The Kier molecular flexibility index (Phi) is 3.43. The molecule has 1 aromatic heterocycles. The van der Waals surface area contributed by atoms with Gasteiger partial charge in [0.05, 0.1) is 0 Å². The number of aromatic nitrogens is 2. The Hall–Kier alpha value is -0.500. The van der Waals surface area contributed by atoms with Crippen molar-refractivity contribution in [1.82, 2.24) is 9.55 Å². The highest BCUT2D eigenvalue weighted by Gasteiger charge is 1.99. The first kappa shape index (κ1) is 8.60. The Labute approximate surface area is 72.2 Å². The van der Waals surface area contributed by atoms with Crippen LogP contribution in [0.2, 0.25) is 0 Å². The van der Waals surface area contributed by atoms with E-state index in [4.69, 9.17) is 11.6 Å². The van der Waals surface area contributed by atoms with E-state index in [1.54, 1.807) is 0 Å². The fraction of sp³-hybridized carbons (Fsp3) is 0.625. The minimum Gasteiger partial charge on any atom is -0.335 e. The van der Waals surface area contributed by atoms with Crippen molar-refractivity contribution in [3.05, 3.63) is 18.2 Å². The average Bonchev–Trinajstić information content (AvgIpc) is 2.39. The minimum absolute atomic E-state index is 0.653. The molecule has 0 amide bonds. The summed E-state index contributed by atoms with van der Waals surface area (Å²) in [4.78, 5) is 4.20. The minimum atomic E-state index is 0.653. The zero-order valence-corrected chi connectivity index (χ0v) is 7.51. The van der Waals surface area contributed by atoms with Crippen molar-refractivity contribution in [2.24, 2.45) is 0 Å². The Bertz CT molecular complexity index is 187. The normalized spacial score (nSPS) is 10.4. The summed E-state index contributed by atoms with van der Waals surface area (Å²) in [5.41, 5.74) is 0. The fourth-order valence-corrected chi connectivity index (χ4v) is 1.27. The Morgan fingerprint density at radius 3 is 3.09 bits per heavy atom. The second-order valence-corrected chi connectivity index (χ2v) is 2.85. The molecule has 0 bridgehead atoms. The third-order valence-corrected chi connectivity index (χ3v) is 1.77. The topological polar surface area (TPSA) is 17.8 Å². The van der Waals surface area contributed by atoms with E-state index in [-0.39, 0.29) is 0 Å². The zero-order chi connectivity index (χ0) is 8.10. The maximum absolute atomic E-state index is 5.61. The first-order valence-electron chi connectivity index (χ1n) is 3.94.